The fourth-order valence-electron chi connectivity index (χ4n) is 1.69. The van der Waals surface area contributed by atoms with Gasteiger partial charge in [0.1, 0.15) is 5.69 Å². The van der Waals surface area contributed by atoms with E-state index in [9.17, 15) is 10.1 Å². The summed E-state index contributed by atoms with van der Waals surface area (Å²) in [6, 6.07) is 5.00. The summed E-state index contributed by atoms with van der Waals surface area (Å²) in [7, 11) is 0. The molecule has 0 radical (unpaired) electrons. The standard InChI is InChI=1S/C14H22N2O4/c1-3-7-15-13-10-12(5-6-14(13)16(17)18)11-20-9-8-19-4-2/h5-6,10,15H,3-4,7-9,11H2,1-2H3. The Kier molecular flexibility index (Phi) is 7.60. The smallest absolute Gasteiger partial charge is 0.292 e. The van der Waals surface area contributed by atoms with Crippen LogP contribution in [0.5, 0.6) is 0 Å². The van der Waals surface area contributed by atoms with Crippen molar-refractivity contribution in [1.82, 2.24) is 0 Å². The first-order valence-corrected chi connectivity index (χ1v) is 6.85. The van der Waals surface area contributed by atoms with Crippen molar-refractivity contribution < 1.29 is 14.4 Å². The van der Waals surface area contributed by atoms with Crippen LogP contribution in [0.2, 0.25) is 0 Å². The molecule has 6 nitrogen and oxygen atoms in total. The number of anilines is 1. The van der Waals surface area contributed by atoms with E-state index in [2.05, 4.69) is 5.32 Å². The van der Waals surface area contributed by atoms with E-state index in [1.807, 2.05) is 13.8 Å². The number of nitrogens with zero attached hydrogens (tertiary/aromatic N) is 1. The van der Waals surface area contributed by atoms with Gasteiger partial charge in [-0.25, -0.2) is 0 Å². The molecule has 0 heterocycles. The van der Waals surface area contributed by atoms with Gasteiger partial charge in [0.25, 0.3) is 5.69 Å². The van der Waals surface area contributed by atoms with Gasteiger partial charge in [0.2, 0.25) is 0 Å². The minimum Gasteiger partial charge on any atom is -0.379 e. The van der Waals surface area contributed by atoms with E-state index >= 15 is 0 Å². The van der Waals surface area contributed by atoms with Crippen molar-refractivity contribution in [2.45, 2.75) is 26.9 Å². The van der Waals surface area contributed by atoms with E-state index < -0.39 is 0 Å². The van der Waals surface area contributed by atoms with Gasteiger partial charge in [-0.2, -0.15) is 0 Å². The van der Waals surface area contributed by atoms with Crippen molar-refractivity contribution in [1.29, 1.82) is 0 Å². The number of nitro groups is 1. The topological polar surface area (TPSA) is 73.6 Å². The molecular formula is C14H22N2O4. The summed E-state index contributed by atoms with van der Waals surface area (Å²) in [6.45, 7) is 6.82. The van der Waals surface area contributed by atoms with Crippen molar-refractivity contribution in [3.63, 3.8) is 0 Å². The van der Waals surface area contributed by atoms with Crippen LogP contribution in [-0.4, -0.2) is 31.3 Å². The van der Waals surface area contributed by atoms with Gasteiger partial charge >= 0.3 is 0 Å². The summed E-state index contributed by atoms with van der Waals surface area (Å²) in [5, 5.41) is 14.0. The maximum Gasteiger partial charge on any atom is 0.292 e. The number of nitro benzene ring substituents is 1. The van der Waals surface area contributed by atoms with Crippen LogP contribution in [0.3, 0.4) is 0 Å². The zero-order chi connectivity index (χ0) is 14.8. The number of rotatable bonds is 10. The molecule has 0 unspecified atom stereocenters. The molecule has 1 N–H and O–H groups in total. The van der Waals surface area contributed by atoms with Gasteiger partial charge in [0, 0.05) is 19.2 Å². The summed E-state index contributed by atoms with van der Waals surface area (Å²) in [4.78, 5) is 10.6. The molecule has 0 atom stereocenters. The molecular weight excluding hydrogens is 260 g/mol. The van der Waals surface area contributed by atoms with Gasteiger partial charge in [-0.05, 0) is 31.0 Å². The van der Waals surface area contributed by atoms with Crippen molar-refractivity contribution in [2.75, 3.05) is 31.7 Å². The summed E-state index contributed by atoms with van der Waals surface area (Å²) in [5.74, 6) is 0. The van der Waals surface area contributed by atoms with Crippen LogP contribution in [0, 0.1) is 10.1 Å². The molecule has 0 bridgehead atoms. The Hall–Kier alpha value is -1.66. The Labute approximate surface area is 119 Å². The fourth-order valence-corrected chi connectivity index (χ4v) is 1.69. The van der Waals surface area contributed by atoms with Crippen molar-refractivity contribution in [2.24, 2.45) is 0 Å². The average Bonchev–Trinajstić information content (AvgIpc) is 2.44. The largest absolute Gasteiger partial charge is 0.379 e. The second-order valence-electron chi connectivity index (χ2n) is 4.28. The SMILES string of the molecule is CCCNc1cc(COCCOCC)ccc1[N+](=O)[O-]. The zero-order valence-corrected chi connectivity index (χ0v) is 12.1. The third kappa shape index (κ3) is 5.54. The van der Waals surface area contributed by atoms with Crippen molar-refractivity contribution in [3.8, 4) is 0 Å². The maximum absolute atomic E-state index is 10.9. The van der Waals surface area contributed by atoms with Crippen LogP contribution in [0.1, 0.15) is 25.8 Å². The highest BCUT2D eigenvalue weighted by Gasteiger charge is 2.13. The van der Waals surface area contributed by atoms with Gasteiger partial charge in [-0.1, -0.05) is 6.92 Å². The summed E-state index contributed by atoms with van der Waals surface area (Å²) < 4.78 is 10.6. The minimum atomic E-state index is -0.377. The molecule has 0 amide bonds. The first kappa shape index (κ1) is 16.4. The monoisotopic (exact) mass is 282 g/mol. The minimum absolute atomic E-state index is 0.0940. The highest BCUT2D eigenvalue weighted by Crippen LogP contribution is 2.25. The first-order chi connectivity index (χ1) is 9.69. The highest BCUT2D eigenvalue weighted by molar-refractivity contribution is 5.62. The number of nitrogens with one attached hydrogen (secondary N) is 1. The Morgan fingerprint density at radius 2 is 2.00 bits per heavy atom. The van der Waals surface area contributed by atoms with Crippen LogP contribution < -0.4 is 5.32 Å². The number of benzene rings is 1. The van der Waals surface area contributed by atoms with E-state index in [-0.39, 0.29) is 10.6 Å². The summed E-state index contributed by atoms with van der Waals surface area (Å²) >= 11 is 0. The average molecular weight is 282 g/mol. The van der Waals surface area contributed by atoms with E-state index in [1.54, 1.807) is 12.1 Å². The molecule has 0 spiro atoms. The van der Waals surface area contributed by atoms with Gasteiger partial charge < -0.3 is 14.8 Å². The number of hydrogen-bond donors (Lipinski definition) is 1. The molecule has 0 aromatic heterocycles. The van der Waals surface area contributed by atoms with Gasteiger partial charge in [0.15, 0.2) is 0 Å². The predicted octanol–water partition coefficient (Wildman–Crippen LogP) is 2.97. The van der Waals surface area contributed by atoms with Crippen LogP contribution in [-0.2, 0) is 16.1 Å². The lowest BCUT2D eigenvalue weighted by atomic mass is 10.2. The fraction of sp³-hybridized carbons (Fsp3) is 0.571. The van der Waals surface area contributed by atoms with Gasteiger partial charge in [-0.3, -0.25) is 10.1 Å². The third-order valence-electron chi connectivity index (χ3n) is 2.67. The van der Waals surface area contributed by atoms with Crippen LogP contribution in [0.15, 0.2) is 18.2 Å². The number of ether oxygens (including phenoxy) is 2. The first-order valence-electron chi connectivity index (χ1n) is 6.85. The zero-order valence-electron chi connectivity index (χ0n) is 12.1. The van der Waals surface area contributed by atoms with Crippen LogP contribution >= 0.6 is 0 Å². The molecule has 1 aromatic carbocycles. The molecule has 0 aliphatic carbocycles. The molecule has 0 fully saturated rings. The van der Waals surface area contributed by atoms with E-state index in [1.165, 1.54) is 6.07 Å². The molecule has 0 saturated carbocycles. The molecule has 0 saturated heterocycles. The Morgan fingerprint density at radius 1 is 1.25 bits per heavy atom. The van der Waals surface area contributed by atoms with E-state index in [0.29, 0.717) is 38.7 Å². The van der Waals surface area contributed by atoms with Crippen LogP contribution in [0.25, 0.3) is 0 Å². The highest BCUT2D eigenvalue weighted by atomic mass is 16.6. The summed E-state index contributed by atoms with van der Waals surface area (Å²) in [5.41, 5.74) is 1.55. The molecule has 6 heteroatoms. The van der Waals surface area contributed by atoms with Crippen molar-refractivity contribution >= 4 is 11.4 Å². The second-order valence-corrected chi connectivity index (χ2v) is 4.28. The maximum atomic E-state index is 10.9. The molecule has 0 aliphatic heterocycles. The Morgan fingerprint density at radius 3 is 2.65 bits per heavy atom. The number of hydrogen-bond acceptors (Lipinski definition) is 5. The normalized spacial score (nSPS) is 10.5. The predicted molar refractivity (Wildman–Crippen MR) is 78.0 cm³/mol. The Bertz CT molecular complexity index is 424. The van der Waals surface area contributed by atoms with E-state index in [0.717, 1.165) is 12.0 Å². The molecule has 112 valence electrons. The lowest BCUT2D eigenvalue weighted by Gasteiger charge is -2.09. The molecule has 1 rings (SSSR count). The molecule has 0 aliphatic rings. The van der Waals surface area contributed by atoms with Crippen molar-refractivity contribution in [3.05, 3.63) is 33.9 Å². The quantitative estimate of drug-likeness (QED) is 0.406. The van der Waals surface area contributed by atoms with Gasteiger partial charge in [0.05, 0.1) is 24.7 Å². The van der Waals surface area contributed by atoms with Crippen LogP contribution in [0.4, 0.5) is 11.4 Å². The Balaban J connectivity index is 2.61. The van der Waals surface area contributed by atoms with E-state index in [4.69, 9.17) is 9.47 Å². The third-order valence-corrected chi connectivity index (χ3v) is 2.67. The summed E-state index contributed by atoms with van der Waals surface area (Å²) in [6.07, 6.45) is 0.909. The van der Waals surface area contributed by atoms with Gasteiger partial charge in [-0.15, -0.1) is 0 Å². The lowest BCUT2D eigenvalue weighted by molar-refractivity contribution is -0.384. The molecule has 20 heavy (non-hydrogen) atoms. The second kappa shape index (κ2) is 9.28. The lowest BCUT2D eigenvalue weighted by Crippen LogP contribution is -2.06. The molecule has 1 aromatic rings.